The lowest BCUT2D eigenvalue weighted by Gasteiger charge is -2.21. The summed E-state index contributed by atoms with van der Waals surface area (Å²) in [6, 6.07) is 9.94. The Kier molecular flexibility index (Phi) is 16.1. The van der Waals surface area contributed by atoms with Gasteiger partial charge in [-0.15, -0.1) is 0 Å². The lowest BCUT2D eigenvalue weighted by molar-refractivity contribution is -0.671. The van der Waals surface area contributed by atoms with Gasteiger partial charge in [0, 0.05) is 32.1 Å². The molecule has 0 fully saturated rings. The molecule has 0 N–H and O–H groups in total. The van der Waals surface area contributed by atoms with Crippen LogP contribution in [0.3, 0.4) is 0 Å². The summed E-state index contributed by atoms with van der Waals surface area (Å²) in [5, 5.41) is 0.609. The Morgan fingerprint density at radius 3 is 1.81 bits per heavy atom. The Hall–Kier alpha value is -2.07. The predicted octanol–water partition coefficient (Wildman–Crippen LogP) is 8.57. The number of unbranched alkanes of at least 4 members (excludes halogenated alkanes) is 13. The Balaban J connectivity index is 1.57. The van der Waals surface area contributed by atoms with Crippen molar-refractivity contribution in [3.63, 3.8) is 0 Å². The molecule has 0 aliphatic heterocycles. The molecule has 4 nitrogen and oxygen atoms in total. The number of carbonyl (C=O) groups is 1. The molecule has 0 saturated heterocycles. The molecule has 5 heteroatoms. The largest absolute Gasteiger partial charge is 0.492 e. The van der Waals surface area contributed by atoms with Gasteiger partial charge in [0.1, 0.15) is 12.8 Å². The lowest BCUT2D eigenvalue weighted by atomic mass is 10.0. The molecule has 1 heterocycles. The highest BCUT2D eigenvalue weighted by Crippen LogP contribution is 2.27. The maximum Gasteiger partial charge on any atom is 0.220 e. The van der Waals surface area contributed by atoms with Crippen LogP contribution in [0.1, 0.15) is 115 Å². The smallest absolute Gasteiger partial charge is 0.220 e. The molecule has 2 aromatic rings. The first-order valence-electron chi connectivity index (χ1n) is 14.6. The van der Waals surface area contributed by atoms with Gasteiger partial charge >= 0.3 is 0 Å². The van der Waals surface area contributed by atoms with Crippen LogP contribution in [-0.2, 0) is 24.9 Å². The number of pyridine rings is 1. The quantitative estimate of drug-likeness (QED) is 0.127. The predicted molar refractivity (Wildman–Crippen MR) is 155 cm³/mol. The third-order valence-electron chi connectivity index (χ3n) is 6.99. The molecular weight excluding hydrogens is 480 g/mol. The summed E-state index contributed by atoms with van der Waals surface area (Å²) in [5.41, 5.74) is 2.11. The van der Waals surface area contributed by atoms with Gasteiger partial charge in [0.05, 0.1) is 11.6 Å². The van der Waals surface area contributed by atoms with E-state index >= 15 is 0 Å². The van der Waals surface area contributed by atoms with E-state index in [0.717, 1.165) is 23.3 Å². The van der Waals surface area contributed by atoms with E-state index in [1.54, 1.807) is 6.92 Å². The van der Waals surface area contributed by atoms with E-state index in [9.17, 15) is 4.79 Å². The van der Waals surface area contributed by atoms with E-state index in [-0.39, 0.29) is 5.91 Å². The molecule has 0 spiro atoms. The highest BCUT2D eigenvalue weighted by Gasteiger charge is 2.13. The Bertz CT molecular complexity index is 885. The fraction of sp³-hybridized carbons (Fsp3) is 0.625. The van der Waals surface area contributed by atoms with Crippen LogP contribution in [-0.4, -0.2) is 17.4 Å². The first-order chi connectivity index (χ1) is 18.0. The number of rotatable bonds is 20. The first-order valence-corrected chi connectivity index (χ1v) is 15.0. The molecule has 0 atom stereocenters. The van der Waals surface area contributed by atoms with Crippen molar-refractivity contribution in [2.24, 2.45) is 7.05 Å². The van der Waals surface area contributed by atoms with Gasteiger partial charge in [0.2, 0.25) is 5.91 Å². The second-order valence-electron chi connectivity index (χ2n) is 10.5. The molecule has 1 amide bonds. The molecule has 0 saturated carbocycles. The number of nitrogens with zero attached hydrogens (tertiary/aromatic N) is 2. The van der Waals surface area contributed by atoms with E-state index in [2.05, 4.69) is 6.92 Å². The zero-order valence-electron chi connectivity index (χ0n) is 23.7. The lowest BCUT2D eigenvalue weighted by Crippen LogP contribution is -2.29. The van der Waals surface area contributed by atoms with E-state index in [0.29, 0.717) is 24.7 Å². The topological polar surface area (TPSA) is 33.4 Å². The van der Waals surface area contributed by atoms with Crippen LogP contribution in [0.2, 0.25) is 5.02 Å². The number of carbonyl (C=O) groups excluding carboxylic acids is 1. The number of hydrogen-bond donors (Lipinski definition) is 0. The molecule has 0 radical (unpaired) electrons. The second-order valence-corrected chi connectivity index (χ2v) is 10.9. The number of halogens is 1. The van der Waals surface area contributed by atoms with E-state index < -0.39 is 0 Å². The molecule has 1 aromatic carbocycles. The van der Waals surface area contributed by atoms with Gasteiger partial charge in [-0.3, -0.25) is 4.79 Å². The Morgan fingerprint density at radius 2 is 1.30 bits per heavy atom. The van der Waals surface area contributed by atoms with Gasteiger partial charge in [-0.25, -0.2) is 4.57 Å². The SMILES string of the molecule is CCCCCCCCCCCCCCCCOc1ccc(CN(Cc2cc[n+](C)cc2)C(C)=O)cc1Cl. The van der Waals surface area contributed by atoms with E-state index in [4.69, 9.17) is 16.3 Å². The van der Waals surface area contributed by atoms with Crippen LogP contribution < -0.4 is 9.30 Å². The minimum Gasteiger partial charge on any atom is -0.492 e. The van der Waals surface area contributed by atoms with Crippen LogP contribution >= 0.6 is 11.6 Å². The molecule has 0 unspecified atom stereocenters. The summed E-state index contributed by atoms with van der Waals surface area (Å²) in [4.78, 5) is 14.0. The maximum absolute atomic E-state index is 12.2. The maximum atomic E-state index is 12.2. The fourth-order valence-corrected chi connectivity index (χ4v) is 4.85. The van der Waals surface area contributed by atoms with Crippen LogP contribution in [0.5, 0.6) is 5.75 Å². The Labute approximate surface area is 231 Å². The summed E-state index contributed by atoms with van der Waals surface area (Å²) >= 11 is 6.50. The summed E-state index contributed by atoms with van der Waals surface area (Å²) < 4.78 is 7.93. The standard InChI is InChI=1S/C32H50ClN2O2/c1-4-5-6-7-8-9-10-11-12-13-14-15-16-17-24-37-32-19-18-30(25-31(32)33)27-35(28(2)36)26-29-20-22-34(3)23-21-29/h18-23,25H,4-17,24,26-27H2,1-3H3/q+1. The average Bonchev–Trinajstić information content (AvgIpc) is 2.88. The van der Waals surface area contributed by atoms with Crippen molar-refractivity contribution in [1.82, 2.24) is 4.90 Å². The van der Waals surface area contributed by atoms with Crippen LogP contribution in [0.4, 0.5) is 0 Å². The third kappa shape index (κ3) is 13.9. The zero-order chi connectivity index (χ0) is 26.7. The zero-order valence-corrected chi connectivity index (χ0v) is 24.4. The van der Waals surface area contributed by atoms with Crippen LogP contribution in [0.25, 0.3) is 0 Å². The van der Waals surface area contributed by atoms with Crippen LogP contribution in [0, 0.1) is 0 Å². The summed E-state index contributed by atoms with van der Waals surface area (Å²) in [7, 11) is 1.98. The third-order valence-corrected chi connectivity index (χ3v) is 7.29. The number of aromatic nitrogens is 1. The van der Waals surface area contributed by atoms with Crippen molar-refractivity contribution < 1.29 is 14.1 Å². The monoisotopic (exact) mass is 529 g/mol. The fourth-order valence-electron chi connectivity index (χ4n) is 4.60. The van der Waals surface area contributed by atoms with Crippen molar-refractivity contribution in [2.45, 2.75) is 117 Å². The molecule has 37 heavy (non-hydrogen) atoms. The number of benzene rings is 1. The van der Waals surface area contributed by atoms with E-state index in [1.165, 1.54) is 83.5 Å². The average molecular weight is 530 g/mol. The highest BCUT2D eigenvalue weighted by molar-refractivity contribution is 6.32. The minimum absolute atomic E-state index is 0.0440. The summed E-state index contributed by atoms with van der Waals surface area (Å²) in [5.74, 6) is 0.771. The van der Waals surface area contributed by atoms with Gasteiger partial charge in [-0.05, 0) is 29.7 Å². The first kappa shape index (κ1) is 31.1. The number of aryl methyl sites for hydroxylation is 1. The number of hydrogen-bond acceptors (Lipinski definition) is 2. The number of amides is 1. The van der Waals surface area contributed by atoms with Crippen LogP contribution in [0.15, 0.2) is 42.7 Å². The van der Waals surface area contributed by atoms with Gasteiger partial charge in [0.25, 0.3) is 0 Å². The molecule has 2 rings (SSSR count). The summed E-state index contributed by atoms with van der Waals surface area (Å²) in [6.07, 6.45) is 22.9. The van der Waals surface area contributed by atoms with Crippen molar-refractivity contribution in [3.05, 3.63) is 58.9 Å². The van der Waals surface area contributed by atoms with Gasteiger partial charge in [0.15, 0.2) is 12.4 Å². The summed E-state index contributed by atoms with van der Waals surface area (Å²) in [6.45, 7) is 5.68. The highest BCUT2D eigenvalue weighted by atomic mass is 35.5. The molecule has 206 valence electrons. The van der Waals surface area contributed by atoms with Gasteiger partial charge in [-0.1, -0.05) is 108 Å². The number of ether oxygens (including phenoxy) is 1. The molecule has 0 aliphatic carbocycles. The van der Waals surface area contributed by atoms with Crippen molar-refractivity contribution in [2.75, 3.05) is 6.61 Å². The van der Waals surface area contributed by atoms with Crippen molar-refractivity contribution >= 4 is 17.5 Å². The van der Waals surface area contributed by atoms with E-state index in [1.807, 2.05) is 59.2 Å². The van der Waals surface area contributed by atoms with Crippen molar-refractivity contribution in [1.29, 1.82) is 0 Å². The van der Waals surface area contributed by atoms with Crippen molar-refractivity contribution in [3.8, 4) is 5.75 Å². The molecule has 0 aliphatic rings. The normalized spacial score (nSPS) is 11.0. The Morgan fingerprint density at radius 1 is 0.784 bits per heavy atom. The minimum atomic E-state index is 0.0440. The van der Waals surface area contributed by atoms with Gasteiger partial charge in [-0.2, -0.15) is 0 Å². The molecule has 1 aromatic heterocycles. The molecule has 0 bridgehead atoms. The second kappa shape index (κ2) is 19.1. The van der Waals surface area contributed by atoms with Gasteiger partial charge < -0.3 is 9.64 Å². The molecular formula is C32H50ClN2O2+.